The number of rotatable bonds is 37. The summed E-state index contributed by atoms with van der Waals surface area (Å²) in [6.45, 7) is 34.3. The van der Waals surface area contributed by atoms with Crippen LogP contribution in [0.4, 0.5) is 0 Å². The largest absolute Gasteiger partial charge is 0.481 e. The average Bonchev–Trinajstić information content (AvgIpc) is 1.66. The summed E-state index contributed by atoms with van der Waals surface area (Å²) in [5, 5.41) is 60.7. The van der Waals surface area contributed by atoms with Crippen molar-refractivity contribution < 1.29 is 73.5 Å². The van der Waals surface area contributed by atoms with Gasteiger partial charge in [-0.25, -0.2) is 24.9 Å². The number of Topliss-reactive ketones (excluding diaryl/α,β-unsaturated/α-hetero) is 5. The van der Waals surface area contributed by atoms with Crippen LogP contribution in [-0.4, -0.2) is 156 Å². The number of ketones is 5. The number of imidazole rings is 5. The van der Waals surface area contributed by atoms with Crippen LogP contribution >= 0.6 is 58.8 Å². The Kier molecular flexibility index (Phi) is 35.4. The first kappa shape index (κ1) is 109. The van der Waals surface area contributed by atoms with Crippen LogP contribution in [0.25, 0.3) is 82.3 Å². The fourth-order valence-corrected chi connectivity index (χ4v) is 21.5. The van der Waals surface area contributed by atoms with Gasteiger partial charge in [-0.15, -0.1) is 0 Å². The Morgan fingerprint density at radius 3 is 0.944 bits per heavy atom. The van der Waals surface area contributed by atoms with Crippen molar-refractivity contribution in [1.82, 2.24) is 47.8 Å². The quantitative estimate of drug-likeness (QED) is 0.0226. The van der Waals surface area contributed by atoms with E-state index >= 15 is 0 Å². The van der Waals surface area contributed by atoms with Gasteiger partial charge in [-0.3, -0.25) is 70.8 Å². The molecule has 0 radical (unpaired) electrons. The Labute approximate surface area is 854 Å². The molecule has 1 aliphatic rings. The number of hydrogen-bond donors (Lipinski definition) is 5. The number of aryl methyl sites for hydroxylation is 4. The normalized spacial score (nSPS) is 13.4. The highest BCUT2D eigenvalue weighted by molar-refractivity contribution is 8.02. The molecule has 15 aromatic rings. The highest BCUT2D eigenvalue weighted by Crippen LogP contribution is 2.47. The van der Waals surface area contributed by atoms with Gasteiger partial charge in [0, 0.05) is 120 Å². The monoisotopic (exact) mass is 2020 g/mol. The first-order valence-corrected chi connectivity index (χ1v) is 51.6. The highest BCUT2D eigenvalue weighted by Gasteiger charge is 2.40. The molecule has 16 rings (SSSR count). The van der Waals surface area contributed by atoms with Crippen molar-refractivity contribution in [3.05, 3.63) is 272 Å². The average molecular weight is 2020 g/mol. The van der Waals surface area contributed by atoms with Crippen molar-refractivity contribution in [3.8, 4) is 28.4 Å². The molecule has 1 aliphatic carbocycles. The molecule has 0 amide bonds. The third-order valence-corrected chi connectivity index (χ3v) is 31.6. The van der Waals surface area contributed by atoms with E-state index in [0.29, 0.717) is 16.2 Å². The van der Waals surface area contributed by atoms with Crippen molar-refractivity contribution in [3.63, 3.8) is 0 Å². The van der Waals surface area contributed by atoms with E-state index < -0.39 is 83.2 Å². The van der Waals surface area contributed by atoms with Gasteiger partial charge in [-0.05, 0) is 189 Å². The van der Waals surface area contributed by atoms with Gasteiger partial charge in [0.15, 0.2) is 25.8 Å². The first-order valence-electron chi connectivity index (χ1n) is 47.6. The van der Waals surface area contributed by atoms with Crippen LogP contribution in [0.2, 0.25) is 0 Å². The molecular weight excluding hydrogens is 1900 g/mol. The number of aromatic nitrogens is 10. The standard InChI is InChI=1S/C24H26N2O3S.2C23H26N2O3S.C22H24N2O3S.C21H22N2O3S/c1-15(22(28)29)14-21(27)24(2,3)30-23-25-12-13-26(23)20-11-10-17(16-8-9-16)18-6-4-5-7-19(18)20;1-14-10-11-19(18-9-7-6-8-17(14)18)25-16(3)13-24-22(25)29-23(4,5)20(26)12-15(2)21(27)28;1-5-16-10-11-19(18-9-7-6-8-17(16)18)25-13-12-24-22(25)29-23(3,4)20(26)14-15(2)21(27)28;1-14(20(26)27)12-19(25)22(3,4)28-21-23-13-15(2)24(21)18-11-7-9-16-8-5-6-10-17(16)18;1-14(19(25)26)13-18(24)21(2,3)27-20-22-11-12-23(20)17-10-6-8-15-7-4-5-9-16(15)17/h4-7,10-13,15-16H,8-9,14H2,1-3H3,(H,28,29);6-11,13,15H,12H2,1-5H3,(H,27,28);6-13,15H,5,14H2,1-4H3,(H,27,28);5-11,13-14H,12H2,1-4H3,(H,26,27);4-12,14H,13H2,1-3H3,(H,25,26). The summed E-state index contributed by atoms with van der Waals surface area (Å²) in [5.74, 6) is -8.11. The minimum absolute atomic E-state index is 0.00247. The molecule has 30 heteroatoms. The van der Waals surface area contributed by atoms with E-state index in [9.17, 15) is 47.9 Å². The number of fused-ring (bicyclic) bond motifs is 5. The lowest BCUT2D eigenvalue weighted by atomic mass is 9.97. The molecular formula is C113H124N10O15S5. The van der Waals surface area contributed by atoms with E-state index in [1.807, 2.05) is 194 Å². The van der Waals surface area contributed by atoms with E-state index in [-0.39, 0.29) is 61.0 Å². The lowest BCUT2D eigenvalue weighted by molar-refractivity contribution is -0.143. The summed E-state index contributed by atoms with van der Waals surface area (Å²) in [4.78, 5) is 142. The maximum absolute atomic E-state index is 12.8. The van der Waals surface area contributed by atoms with E-state index in [4.69, 9.17) is 25.5 Å². The molecule has 0 spiro atoms. The summed E-state index contributed by atoms with van der Waals surface area (Å²) in [5.41, 5.74) is 10.9. The van der Waals surface area contributed by atoms with Crippen molar-refractivity contribution in [2.24, 2.45) is 29.6 Å². The van der Waals surface area contributed by atoms with Crippen LogP contribution in [0.5, 0.6) is 0 Å². The third kappa shape index (κ3) is 26.4. The lowest BCUT2D eigenvalue weighted by Gasteiger charge is -2.24. The molecule has 0 aliphatic heterocycles. The Bertz CT molecular complexity index is 7240. The molecule has 5 heterocycles. The smallest absolute Gasteiger partial charge is 0.306 e. The van der Waals surface area contributed by atoms with E-state index in [1.165, 1.54) is 110 Å². The Balaban J connectivity index is 0.000000160. The summed E-state index contributed by atoms with van der Waals surface area (Å²) in [6, 6.07) is 66.2. The van der Waals surface area contributed by atoms with Gasteiger partial charge in [0.1, 0.15) is 28.9 Å². The molecule has 5 atom stereocenters. The van der Waals surface area contributed by atoms with Crippen LogP contribution in [-0.2, 0) is 54.4 Å². The van der Waals surface area contributed by atoms with Gasteiger partial charge in [0.25, 0.3) is 0 Å². The van der Waals surface area contributed by atoms with Crippen LogP contribution < -0.4 is 0 Å². The molecule has 746 valence electrons. The number of benzene rings is 10. The molecule has 1 saturated carbocycles. The fraction of sp³-hybridized carbons (Fsp3) is 0.336. The molecule has 5 unspecified atom stereocenters. The van der Waals surface area contributed by atoms with Gasteiger partial charge in [0.2, 0.25) is 0 Å². The zero-order valence-corrected chi connectivity index (χ0v) is 88.1. The number of carboxylic acid groups (broad SMARTS) is 5. The van der Waals surface area contributed by atoms with Gasteiger partial charge < -0.3 is 25.5 Å². The fourth-order valence-electron chi connectivity index (χ4n) is 16.3. The number of thioether (sulfide) groups is 5. The van der Waals surface area contributed by atoms with E-state index in [2.05, 4.69) is 163 Å². The van der Waals surface area contributed by atoms with Crippen LogP contribution in [0.15, 0.2) is 269 Å². The van der Waals surface area contributed by atoms with Gasteiger partial charge >= 0.3 is 29.8 Å². The molecule has 5 aromatic heterocycles. The highest BCUT2D eigenvalue weighted by atomic mass is 32.2. The second-order valence-corrected chi connectivity index (χ2v) is 46.7. The first-order chi connectivity index (χ1) is 67.6. The van der Waals surface area contributed by atoms with E-state index in [0.717, 1.165) is 94.0 Å². The molecule has 0 saturated heterocycles. The van der Waals surface area contributed by atoms with Crippen LogP contribution in [0.1, 0.15) is 190 Å². The second-order valence-electron chi connectivity index (χ2n) is 38.7. The van der Waals surface area contributed by atoms with Crippen LogP contribution in [0.3, 0.4) is 0 Å². The van der Waals surface area contributed by atoms with Crippen molar-refractivity contribution in [2.45, 2.75) is 238 Å². The number of carbonyl (C=O) groups is 10. The third-order valence-electron chi connectivity index (χ3n) is 25.5. The number of nitrogens with zero attached hydrogens (tertiary/aromatic N) is 10. The lowest BCUT2D eigenvalue weighted by Crippen LogP contribution is -2.31. The predicted molar refractivity (Wildman–Crippen MR) is 573 cm³/mol. The van der Waals surface area contributed by atoms with Gasteiger partial charge in [0.05, 0.1) is 81.8 Å². The maximum Gasteiger partial charge on any atom is 0.306 e. The van der Waals surface area contributed by atoms with Crippen molar-refractivity contribution >= 4 is 171 Å². The SMILES string of the molecule is CC(CC(=O)C(C)(C)Sc1nccn1-c1ccc(C2CC2)c2ccccc12)C(=O)O.CC(CC(=O)C(C)(C)Sc1nccn1-c1cccc2ccccc12)C(=O)O.CCc1ccc(-n2ccnc2SC(C)(C)C(=O)CC(C)C(=O)O)c2ccccc12.Cc1ccc(-n2c(C)cnc2SC(C)(C)C(=O)CC(C)C(=O)O)c2ccccc12.Cc1cnc(SC(C)(C)C(=O)CC(C)C(=O)O)n1-c1cccc2ccccc12. The molecule has 0 bridgehead atoms. The van der Waals surface area contributed by atoms with Crippen molar-refractivity contribution in [2.75, 3.05) is 0 Å². The Hall–Kier alpha value is -13.0. The summed E-state index contributed by atoms with van der Waals surface area (Å²) >= 11 is 6.83. The number of hydrogen-bond acceptors (Lipinski definition) is 20. The van der Waals surface area contributed by atoms with Crippen LogP contribution in [0, 0.1) is 50.4 Å². The Morgan fingerprint density at radius 2 is 0.587 bits per heavy atom. The summed E-state index contributed by atoms with van der Waals surface area (Å²) < 4.78 is 6.21. The maximum atomic E-state index is 12.8. The molecule has 10 aromatic carbocycles. The minimum Gasteiger partial charge on any atom is -0.481 e. The van der Waals surface area contributed by atoms with E-state index in [1.54, 1.807) is 65.6 Å². The zero-order chi connectivity index (χ0) is 104. The second kappa shape index (κ2) is 46.6. The van der Waals surface area contributed by atoms with Crippen molar-refractivity contribution in [1.29, 1.82) is 0 Å². The summed E-state index contributed by atoms with van der Waals surface area (Å²) in [7, 11) is 0. The zero-order valence-electron chi connectivity index (χ0n) is 84.0. The minimum atomic E-state index is -0.957. The Morgan fingerprint density at radius 1 is 0.315 bits per heavy atom. The van der Waals surface area contributed by atoms with Gasteiger partial charge in [-0.1, -0.05) is 264 Å². The molecule has 5 N–H and O–H groups in total. The molecule has 25 nitrogen and oxygen atoms in total. The number of aliphatic carboxylic acids is 5. The predicted octanol–water partition coefficient (Wildman–Crippen LogP) is 25.2. The van der Waals surface area contributed by atoms with Gasteiger partial charge in [-0.2, -0.15) is 0 Å². The number of carboxylic acids is 5. The molecule has 143 heavy (non-hydrogen) atoms. The topological polar surface area (TPSA) is 361 Å². The molecule has 1 fully saturated rings. The number of carbonyl (C=O) groups excluding carboxylic acids is 5. The summed E-state index contributed by atoms with van der Waals surface area (Å²) in [6.07, 6.45) is 18.0.